The van der Waals surface area contributed by atoms with Crippen molar-refractivity contribution in [3.05, 3.63) is 40.4 Å². The zero-order valence-electron chi connectivity index (χ0n) is 15.2. The van der Waals surface area contributed by atoms with Crippen LogP contribution in [0.2, 0.25) is 0 Å². The van der Waals surface area contributed by atoms with E-state index in [1.165, 1.54) is 28.0 Å². The smallest absolute Gasteiger partial charge is 0.254 e. The summed E-state index contributed by atoms with van der Waals surface area (Å²) in [5.41, 5.74) is 1.72. The number of nitrogens with one attached hydrogen (secondary N) is 2. The fourth-order valence-corrected chi connectivity index (χ4v) is 4.95. The molecule has 27 heavy (non-hydrogen) atoms. The molecule has 0 radical (unpaired) electrons. The lowest BCUT2D eigenvalue weighted by atomic mass is 9.95. The highest BCUT2D eigenvalue weighted by molar-refractivity contribution is 7.99. The number of methoxy groups -OCH3 is 1. The minimum Gasteiger partial charge on any atom is -0.383 e. The maximum Gasteiger partial charge on any atom is 0.254 e. The Bertz CT molecular complexity index is 793. The van der Waals surface area contributed by atoms with E-state index >= 15 is 0 Å². The number of anilines is 1. The number of aromatic nitrogens is 1. The number of ether oxygens (including phenoxy) is 1. The van der Waals surface area contributed by atoms with Crippen LogP contribution in [0.25, 0.3) is 0 Å². The van der Waals surface area contributed by atoms with Gasteiger partial charge >= 0.3 is 0 Å². The van der Waals surface area contributed by atoms with Crippen molar-refractivity contribution in [3.8, 4) is 0 Å². The van der Waals surface area contributed by atoms with Crippen molar-refractivity contribution in [2.45, 2.75) is 30.7 Å². The lowest BCUT2D eigenvalue weighted by molar-refractivity contribution is -0.113. The van der Waals surface area contributed by atoms with E-state index in [9.17, 15) is 9.59 Å². The molecule has 0 bridgehead atoms. The van der Waals surface area contributed by atoms with Crippen LogP contribution in [0, 0.1) is 0 Å². The number of thioether (sulfide) groups is 1. The number of thiophene rings is 1. The summed E-state index contributed by atoms with van der Waals surface area (Å²) < 4.78 is 5.00. The molecule has 0 aromatic carbocycles. The van der Waals surface area contributed by atoms with Crippen molar-refractivity contribution in [3.63, 3.8) is 0 Å². The van der Waals surface area contributed by atoms with E-state index in [0.29, 0.717) is 23.7 Å². The SMILES string of the molecule is COCCNC(=O)c1c(NC(=O)CSc2ccccn2)sc2c1CCCC2. The number of carbonyl (C=O) groups excluding carboxylic acids is 2. The van der Waals surface area contributed by atoms with Gasteiger partial charge in [0.05, 0.1) is 22.9 Å². The molecule has 2 N–H and O–H groups in total. The topological polar surface area (TPSA) is 80.3 Å². The standard InChI is InChI=1S/C19H23N3O3S2/c1-25-11-10-21-18(24)17-13-6-2-3-7-14(13)27-19(17)22-15(23)12-26-16-8-4-5-9-20-16/h4-5,8-9H,2-3,6-7,10-12H2,1H3,(H,21,24)(H,22,23). The molecule has 8 heteroatoms. The first kappa shape index (κ1) is 19.9. The third kappa shape index (κ3) is 5.31. The maximum atomic E-state index is 12.7. The lowest BCUT2D eigenvalue weighted by Gasteiger charge is -2.13. The normalized spacial score (nSPS) is 13.1. The predicted molar refractivity (Wildman–Crippen MR) is 109 cm³/mol. The van der Waals surface area contributed by atoms with Gasteiger partial charge in [-0.25, -0.2) is 4.98 Å². The fraction of sp³-hybridized carbons (Fsp3) is 0.421. The number of carbonyl (C=O) groups is 2. The van der Waals surface area contributed by atoms with Crippen LogP contribution in [-0.2, 0) is 22.4 Å². The second kappa shape index (κ2) is 9.87. The number of hydrogen-bond acceptors (Lipinski definition) is 6. The van der Waals surface area contributed by atoms with Gasteiger partial charge < -0.3 is 15.4 Å². The molecule has 2 aromatic heterocycles. The summed E-state index contributed by atoms with van der Waals surface area (Å²) in [5, 5.41) is 7.29. The molecule has 1 aliphatic rings. The van der Waals surface area contributed by atoms with Gasteiger partial charge in [0.2, 0.25) is 5.91 Å². The lowest BCUT2D eigenvalue weighted by Crippen LogP contribution is -2.29. The van der Waals surface area contributed by atoms with Crippen LogP contribution in [0.4, 0.5) is 5.00 Å². The quantitative estimate of drug-likeness (QED) is 0.521. The van der Waals surface area contributed by atoms with Gasteiger partial charge in [-0.1, -0.05) is 17.8 Å². The third-order valence-corrected chi connectivity index (χ3v) is 6.38. The Labute approximate surface area is 167 Å². The summed E-state index contributed by atoms with van der Waals surface area (Å²) >= 11 is 2.91. The van der Waals surface area contributed by atoms with E-state index in [0.717, 1.165) is 36.3 Å². The molecule has 0 saturated carbocycles. The number of nitrogens with zero attached hydrogens (tertiary/aromatic N) is 1. The molecule has 0 atom stereocenters. The number of fused-ring (bicyclic) bond motifs is 1. The Morgan fingerprint density at radius 3 is 2.93 bits per heavy atom. The monoisotopic (exact) mass is 405 g/mol. The van der Waals surface area contributed by atoms with Crippen molar-refractivity contribution in [1.29, 1.82) is 0 Å². The number of pyridine rings is 1. The molecule has 0 fully saturated rings. The number of rotatable bonds is 8. The molecule has 0 saturated heterocycles. The molecule has 144 valence electrons. The molecule has 0 unspecified atom stereocenters. The zero-order valence-corrected chi connectivity index (χ0v) is 16.9. The Hall–Kier alpha value is -1.90. The molecule has 1 aliphatic carbocycles. The van der Waals surface area contributed by atoms with Crippen molar-refractivity contribution in [2.75, 3.05) is 31.3 Å². The van der Waals surface area contributed by atoms with Crippen LogP contribution in [0.5, 0.6) is 0 Å². The highest BCUT2D eigenvalue weighted by Gasteiger charge is 2.26. The highest BCUT2D eigenvalue weighted by atomic mass is 32.2. The molecule has 0 spiro atoms. The Morgan fingerprint density at radius 2 is 2.15 bits per heavy atom. The van der Waals surface area contributed by atoms with Gasteiger partial charge in [-0.15, -0.1) is 11.3 Å². The van der Waals surface area contributed by atoms with Crippen LogP contribution in [-0.4, -0.2) is 42.8 Å². The largest absolute Gasteiger partial charge is 0.383 e. The second-order valence-electron chi connectivity index (χ2n) is 6.17. The molecule has 2 aromatic rings. The van der Waals surface area contributed by atoms with Gasteiger partial charge in [0.25, 0.3) is 5.91 Å². The van der Waals surface area contributed by atoms with Crippen LogP contribution in [0.15, 0.2) is 29.4 Å². The van der Waals surface area contributed by atoms with Gasteiger partial charge in [-0.05, 0) is 43.4 Å². The molecule has 0 aliphatic heterocycles. The third-order valence-electron chi connectivity index (χ3n) is 4.23. The first-order valence-corrected chi connectivity index (χ1v) is 10.7. The van der Waals surface area contributed by atoms with Crippen LogP contribution in [0.3, 0.4) is 0 Å². The van der Waals surface area contributed by atoms with E-state index in [1.807, 2.05) is 18.2 Å². The Kier molecular flexibility index (Phi) is 7.25. The minimum absolute atomic E-state index is 0.129. The van der Waals surface area contributed by atoms with E-state index in [-0.39, 0.29) is 17.6 Å². The van der Waals surface area contributed by atoms with E-state index in [2.05, 4.69) is 15.6 Å². The molecule has 2 amide bonds. The number of aryl methyl sites for hydroxylation is 1. The van der Waals surface area contributed by atoms with E-state index in [4.69, 9.17) is 4.74 Å². The Morgan fingerprint density at radius 1 is 1.30 bits per heavy atom. The van der Waals surface area contributed by atoms with Gasteiger partial charge in [-0.2, -0.15) is 0 Å². The van der Waals surface area contributed by atoms with Crippen LogP contribution >= 0.6 is 23.1 Å². The van der Waals surface area contributed by atoms with Gasteiger partial charge in [0.15, 0.2) is 0 Å². The first-order chi connectivity index (χ1) is 13.2. The number of amides is 2. The summed E-state index contributed by atoms with van der Waals surface area (Å²) in [6, 6.07) is 5.61. The van der Waals surface area contributed by atoms with Crippen molar-refractivity contribution in [1.82, 2.24) is 10.3 Å². The van der Waals surface area contributed by atoms with Gasteiger partial charge in [-0.3, -0.25) is 9.59 Å². The molecular formula is C19H23N3O3S2. The summed E-state index contributed by atoms with van der Waals surface area (Å²) in [7, 11) is 1.60. The van der Waals surface area contributed by atoms with Gasteiger partial charge in [0.1, 0.15) is 5.00 Å². The van der Waals surface area contributed by atoms with E-state index < -0.39 is 0 Å². The zero-order chi connectivity index (χ0) is 19.1. The maximum absolute atomic E-state index is 12.7. The van der Waals surface area contributed by atoms with Crippen LogP contribution < -0.4 is 10.6 Å². The van der Waals surface area contributed by atoms with Gasteiger partial charge in [0, 0.05) is 24.7 Å². The molecule has 2 heterocycles. The summed E-state index contributed by atoms with van der Waals surface area (Å²) in [4.78, 5) is 30.6. The van der Waals surface area contributed by atoms with E-state index in [1.54, 1.807) is 13.3 Å². The first-order valence-electron chi connectivity index (χ1n) is 8.94. The number of hydrogen-bond donors (Lipinski definition) is 2. The summed E-state index contributed by atoms with van der Waals surface area (Å²) in [5.74, 6) is -0.0149. The average Bonchev–Trinajstić information content (AvgIpc) is 3.05. The predicted octanol–water partition coefficient (Wildman–Crippen LogP) is 3.13. The molecular weight excluding hydrogens is 382 g/mol. The second-order valence-corrected chi connectivity index (χ2v) is 8.27. The molecule has 6 nitrogen and oxygen atoms in total. The van der Waals surface area contributed by atoms with Crippen molar-refractivity contribution in [2.24, 2.45) is 0 Å². The summed E-state index contributed by atoms with van der Waals surface area (Å²) in [6.45, 7) is 0.906. The highest BCUT2D eigenvalue weighted by Crippen LogP contribution is 2.38. The molecule has 3 rings (SSSR count). The Balaban J connectivity index is 1.70. The minimum atomic E-state index is -0.140. The average molecular weight is 406 g/mol. The van der Waals surface area contributed by atoms with Crippen molar-refractivity contribution >= 4 is 39.9 Å². The fourth-order valence-electron chi connectivity index (χ4n) is 2.98. The van der Waals surface area contributed by atoms with Crippen molar-refractivity contribution < 1.29 is 14.3 Å². The van der Waals surface area contributed by atoms with Crippen LogP contribution in [0.1, 0.15) is 33.6 Å². The summed E-state index contributed by atoms with van der Waals surface area (Å²) in [6.07, 6.45) is 5.76.